The average Bonchev–Trinajstić information content (AvgIpc) is 2.41. The van der Waals surface area contributed by atoms with Crippen LogP contribution in [0.1, 0.15) is 11.1 Å². The molecule has 1 heterocycles. The van der Waals surface area contributed by atoms with E-state index in [9.17, 15) is 4.79 Å². The molecule has 0 aliphatic heterocycles. The number of hydrogen-bond acceptors (Lipinski definition) is 3. The summed E-state index contributed by atoms with van der Waals surface area (Å²) >= 11 is 5.01. The molecule has 2 rings (SSSR count). The second-order valence-electron chi connectivity index (χ2n) is 4.11. The van der Waals surface area contributed by atoms with Gasteiger partial charge in [-0.15, -0.1) is 0 Å². The normalized spacial score (nSPS) is 10.2. The molecular weight excluding hydrogens is 260 g/mol. The zero-order valence-corrected chi connectivity index (χ0v) is 11.3. The highest BCUT2D eigenvalue weighted by Crippen LogP contribution is 2.20. The second-order valence-corrected chi connectivity index (χ2v) is 4.54. The third kappa shape index (κ3) is 3.20. The van der Waals surface area contributed by atoms with Gasteiger partial charge >= 0.3 is 0 Å². The van der Waals surface area contributed by atoms with E-state index in [1.54, 1.807) is 19.5 Å². The van der Waals surface area contributed by atoms with Crippen LogP contribution in [0.15, 0.2) is 47.5 Å². The molecule has 4 nitrogen and oxygen atoms in total. The number of rotatable bonds is 4. The first kappa shape index (κ1) is 13.3. The Balaban J connectivity index is 2.30. The lowest BCUT2D eigenvalue weighted by atomic mass is 10.1. The van der Waals surface area contributed by atoms with Crippen LogP contribution in [0.5, 0.6) is 5.75 Å². The molecule has 2 N–H and O–H groups in total. The number of aromatic nitrogens is 1. The summed E-state index contributed by atoms with van der Waals surface area (Å²) in [4.78, 5) is 11.3. The Hall–Kier alpha value is -2.14. The van der Waals surface area contributed by atoms with Crippen molar-refractivity contribution in [1.29, 1.82) is 0 Å². The van der Waals surface area contributed by atoms with Crippen molar-refractivity contribution in [3.8, 4) is 5.75 Å². The van der Waals surface area contributed by atoms with Gasteiger partial charge in [0.1, 0.15) is 10.7 Å². The lowest BCUT2D eigenvalue weighted by molar-refractivity contribution is 0.414. The summed E-state index contributed by atoms with van der Waals surface area (Å²) in [6.07, 6.45) is 3.49. The van der Waals surface area contributed by atoms with E-state index in [1.807, 2.05) is 22.8 Å². The molecule has 98 valence electrons. The van der Waals surface area contributed by atoms with Crippen LogP contribution in [-0.4, -0.2) is 16.7 Å². The number of methoxy groups -OCH3 is 1. The zero-order chi connectivity index (χ0) is 13.8. The Morgan fingerprint density at radius 1 is 1.32 bits per heavy atom. The van der Waals surface area contributed by atoms with Crippen LogP contribution in [-0.2, 0) is 6.54 Å². The molecule has 0 radical (unpaired) electrons. The van der Waals surface area contributed by atoms with Crippen molar-refractivity contribution in [2.45, 2.75) is 6.54 Å². The summed E-state index contributed by atoms with van der Waals surface area (Å²) in [5, 5.41) is 0. The largest absolute Gasteiger partial charge is 0.496 e. The van der Waals surface area contributed by atoms with Crippen LogP contribution in [0.4, 0.5) is 0 Å². The molecule has 2 aromatic rings. The molecule has 5 heteroatoms. The van der Waals surface area contributed by atoms with E-state index in [0.717, 1.165) is 11.1 Å². The van der Waals surface area contributed by atoms with E-state index in [4.69, 9.17) is 22.7 Å². The number of nitrogens with two attached hydrogens (primary N) is 1. The van der Waals surface area contributed by atoms with Crippen LogP contribution in [0.25, 0.3) is 0 Å². The van der Waals surface area contributed by atoms with Crippen LogP contribution in [0, 0.1) is 0 Å². The SMILES string of the molecule is COc1ccc(Cn2ccc(=O)cc2)cc1C(N)=S. The van der Waals surface area contributed by atoms with Gasteiger partial charge in [-0.2, -0.15) is 0 Å². The Morgan fingerprint density at radius 2 is 2.00 bits per heavy atom. The van der Waals surface area contributed by atoms with Crippen molar-refractivity contribution in [3.63, 3.8) is 0 Å². The first-order valence-electron chi connectivity index (χ1n) is 5.73. The van der Waals surface area contributed by atoms with Crippen molar-refractivity contribution in [3.05, 3.63) is 64.1 Å². The molecule has 0 saturated carbocycles. The van der Waals surface area contributed by atoms with Crippen LogP contribution >= 0.6 is 12.2 Å². The van der Waals surface area contributed by atoms with Crippen LogP contribution < -0.4 is 15.9 Å². The molecule has 19 heavy (non-hydrogen) atoms. The Labute approximate surface area is 116 Å². The molecule has 0 spiro atoms. The fraction of sp³-hybridized carbons (Fsp3) is 0.143. The maximum atomic E-state index is 11.0. The van der Waals surface area contributed by atoms with E-state index in [0.29, 0.717) is 17.3 Å². The van der Waals surface area contributed by atoms with Gasteiger partial charge in [0.25, 0.3) is 0 Å². The van der Waals surface area contributed by atoms with Crippen molar-refractivity contribution in [1.82, 2.24) is 4.57 Å². The summed E-state index contributed by atoms with van der Waals surface area (Å²) in [6.45, 7) is 0.639. The molecule has 0 amide bonds. The third-order valence-corrected chi connectivity index (χ3v) is 2.97. The molecule has 0 atom stereocenters. The number of ether oxygens (including phenoxy) is 1. The molecule has 1 aromatic heterocycles. The van der Waals surface area contributed by atoms with E-state index in [1.165, 1.54) is 12.1 Å². The Morgan fingerprint density at radius 3 is 2.58 bits per heavy atom. The highest BCUT2D eigenvalue weighted by atomic mass is 32.1. The molecule has 0 fully saturated rings. The number of thiocarbonyl (C=S) groups is 1. The highest BCUT2D eigenvalue weighted by Gasteiger charge is 2.07. The molecule has 0 aliphatic rings. The first-order valence-corrected chi connectivity index (χ1v) is 6.14. The monoisotopic (exact) mass is 274 g/mol. The van der Waals surface area contributed by atoms with E-state index in [-0.39, 0.29) is 5.43 Å². The zero-order valence-electron chi connectivity index (χ0n) is 10.5. The molecule has 0 unspecified atom stereocenters. The summed E-state index contributed by atoms with van der Waals surface area (Å²) < 4.78 is 7.12. The molecule has 0 bridgehead atoms. The predicted octanol–water partition coefficient (Wildman–Crippen LogP) is 1.54. The van der Waals surface area contributed by atoms with E-state index < -0.39 is 0 Å². The second kappa shape index (κ2) is 5.67. The number of hydrogen-bond donors (Lipinski definition) is 1. The van der Waals surface area contributed by atoms with E-state index >= 15 is 0 Å². The lowest BCUT2D eigenvalue weighted by Gasteiger charge is -2.11. The van der Waals surface area contributed by atoms with Gasteiger partial charge in [0, 0.05) is 31.1 Å². The number of pyridine rings is 1. The fourth-order valence-electron chi connectivity index (χ4n) is 1.81. The minimum absolute atomic E-state index is 0.00481. The molecule has 0 saturated heterocycles. The minimum atomic E-state index is -0.00481. The van der Waals surface area contributed by atoms with Gasteiger partial charge in [-0.05, 0) is 17.7 Å². The predicted molar refractivity (Wildman–Crippen MR) is 78.7 cm³/mol. The number of nitrogens with zero attached hydrogens (tertiary/aromatic N) is 1. The van der Waals surface area contributed by atoms with Crippen molar-refractivity contribution >= 4 is 17.2 Å². The van der Waals surface area contributed by atoms with Crippen molar-refractivity contribution < 1.29 is 4.74 Å². The Kier molecular flexibility index (Phi) is 3.97. The Bertz CT molecular complexity index is 644. The van der Waals surface area contributed by atoms with Crippen molar-refractivity contribution in [2.24, 2.45) is 5.73 Å². The summed E-state index contributed by atoms with van der Waals surface area (Å²) in [7, 11) is 1.58. The molecule has 1 aromatic carbocycles. The quantitative estimate of drug-likeness (QED) is 0.859. The maximum absolute atomic E-state index is 11.0. The lowest BCUT2D eigenvalue weighted by Crippen LogP contribution is -2.12. The van der Waals surface area contributed by atoms with Crippen LogP contribution in [0.2, 0.25) is 0 Å². The standard InChI is InChI=1S/C14H14N2O2S/c1-18-13-3-2-10(8-12(13)14(15)19)9-16-6-4-11(17)5-7-16/h2-8H,9H2,1H3,(H2,15,19). The summed E-state index contributed by atoms with van der Waals surface area (Å²) in [5.74, 6) is 0.663. The van der Waals surface area contributed by atoms with E-state index in [2.05, 4.69) is 0 Å². The summed E-state index contributed by atoms with van der Waals surface area (Å²) in [6, 6.07) is 8.74. The van der Waals surface area contributed by atoms with Gasteiger partial charge in [-0.25, -0.2) is 0 Å². The number of benzene rings is 1. The summed E-state index contributed by atoms with van der Waals surface area (Å²) in [5.41, 5.74) is 7.42. The van der Waals surface area contributed by atoms with Gasteiger partial charge in [-0.3, -0.25) is 4.79 Å². The third-order valence-electron chi connectivity index (χ3n) is 2.76. The van der Waals surface area contributed by atoms with Gasteiger partial charge in [0.15, 0.2) is 5.43 Å². The van der Waals surface area contributed by atoms with Gasteiger partial charge in [0.2, 0.25) is 0 Å². The van der Waals surface area contributed by atoms with Crippen LogP contribution in [0.3, 0.4) is 0 Å². The van der Waals surface area contributed by atoms with Gasteiger partial charge < -0.3 is 15.0 Å². The average molecular weight is 274 g/mol. The first-order chi connectivity index (χ1) is 9.10. The molecular formula is C14H14N2O2S. The molecule has 0 aliphatic carbocycles. The smallest absolute Gasteiger partial charge is 0.181 e. The fourth-order valence-corrected chi connectivity index (χ4v) is 1.97. The minimum Gasteiger partial charge on any atom is -0.496 e. The maximum Gasteiger partial charge on any atom is 0.181 e. The van der Waals surface area contributed by atoms with Gasteiger partial charge in [0.05, 0.1) is 12.7 Å². The topological polar surface area (TPSA) is 57.2 Å². The van der Waals surface area contributed by atoms with Gasteiger partial charge in [-0.1, -0.05) is 18.3 Å². The highest BCUT2D eigenvalue weighted by molar-refractivity contribution is 7.80. The van der Waals surface area contributed by atoms with Crippen molar-refractivity contribution in [2.75, 3.05) is 7.11 Å².